The number of carbonyl (C=O) groups excluding carboxylic acids is 2. The van der Waals surface area contributed by atoms with Crippen LogP contribution < -0.4 is 10.2 Å². The Morgan fingerprint density at radius 1 is 0.878 bits per heavy atom. The Labute approximate surface area is 230 Å². The number of aryl methyl sites for hydroxylation is 2. The van der Waals surface area contributed by atoms with Crippen LogP contribution in [0.5, 0.6) is 0 Å². The summed E-state index contributed by atoms with van der Waals surface area (Å²) in [4.78, 5) is 24.1. The number of hydrogen-bond acceptors (Lipinski definition) is 3. The van der Waals surface area contributed by atoms with E-state index in [1.165, 1.54) is 11.8 Å². The van der Waals surface area contributed by atoms with Crippen molar-refractivity contribution in [3.05, 3.63) is 63.7 Å². The summed E-state index contributed by atoms with van der Waals surface area (Å²) in [5.41, 5.74) is -2.49. The maximum atomic E-state index is 13.1. The standard InChI is InChI=1S/C16H20F3NO2.C11H9F6NO/c1-10(2)22-15(21)20-7-5-4-6-12-8-11(3)13(9-14(12)20)16(17,18)19;1-6(19)18-5-7-2-8(10(12,13)14)4-9(3-7)11(15,16)17/h8-10H,4-7H2,1-3H3;2-4H,5H2,1H3,(H,18,19). The van der Waals surface area contributed by atoms with E-state index in [9.17, 15) is 49.1 Å². The van der Waals surface area contributed by atoms with E-state index in [4.69, 9.17) is 4.74 Å². The van der Waals surface area contributed by atoms with Crippen LogP contribution in [0.15, 0.2) is 30.3 Å². The van der Waals surface area contributed by atoms with Gasteiger partial charge < -0.3 is 10.1 Å². The minimum Gasteiger partial charge on any atom is -0.446 e. The highest BCUT2D eigenvalue weighted by Crippen LogP contribution is 2.38. The van der Waals surface area contributed by atoms with Crippen LogP contribution in [-0.4, -0.2) is 24.6 Å². The van der Waals surface area contributed by atoms with Crippen LogP contribution in [0.2, 0.25) is 0 Å². The summed E-state index contributed by atoms with van der Waals surface area (Å²) in [6, 6.07) is 3.81. The van der Waals surface area contributed by atoms with E-state index < -0.39 is 53.8 Å². The van der Waals surface area contributed by atoms with Crippen molar-refractivity contribution in [3.8, 4) is 0 Å². The number of halogens is 9. The SMILES string of the molecule is CC(=O)NCc1cc(C(F)(F)F)cc(C(F)(F)F)c1.Cc1cc2c(cc1C(F)(F)F)N(C(=O)OC(C)C)CCCC2. The number of alkyl halides is 9. The first kappa shape index (κ1) is 33.8. The maximum absolute atomic E-state index is 13.1. The molecule has 2 aromatic carbocycles. The first-order valence-electron chi connectivity index (χ1n) is 12.4. The zero-order valence-corrected chi connectivity index (χ0v) is 22.6. The number of carbonyl (C=O) groups is 2. The third-order valence-electron chi connectivity index (χ3n) is 5.85. The monoisotopic (exact) mass is 600 g/mol. The molecule has 0 atom stereocenters. The average Bonchev–Trinajstić information content (AvgIpc) is 3.02. The highest BCUT2D eigenvalue weighted by Gasteiger charge is 2.37. The van der Waals surface area contributed by atoms with Crippen LogP contribution in [0.1, 0.15) is 67.0 Å². The topological polar surface area (TPSA) is 58.6 Å². The molecule has 3 rings (SSSR count). The number of amides is 2. The summed E-state index contributed by atoms with van der Waals surface area (Å²) in [6.07, 6.45) is -12.9. The first-order valence-corrected chi connectivity index (χ1v) is 12.4. The van der Waals surface area contributed by atoms with Gasteiger partial charge >= 0.3 is 24.6 Å². The summed E-state index contributed by atoms with van der Waals surface area (Å²) in [6.45, 7) is 5.96. The minimum atomic E-state index is -4.88. The molecule has 1 aliphatic rings. The fraction of sp³-hybridized carbons (Fsp3) is 0.481. The van der Waals surface area contributed by atoms with Crippen LogP contribution in [0, 0.1) is 6.92 Å². The van der Waals surface area contributed by atoms with Crippen LogP contribution in [0.4, 0.5) is 50.0 Å². The van der Waals surface area contributed by atoms with E-state index in [2.05, 4.69) is 5.32 Å². The molecule has 1 N–H and O–H groups in total. The van der Waals surface area contributed by atoms with Crippen molar-refractivity contribution in [1.82, 2.24) is 5.32 Å². The molecule has 0 saturated carbocycles. The molecule has 0 spiro atoms. The van der Waals surface area contributed by atoms with Crippen LogP contribution >= 0.6 is 0 Å². The molecule has 14 heteroatoms. The van der Waals surface area contributed by atoms with Crippen molar-refractivity contribution in [3.63, 3.8) is 0 Å². The number of fused-ring (bicyclic) bond motifs is 1. The number of nitrogens with zero attached hydrogens (tertiary/aromatic N) is 1. The molecule has 1 aliphatic heterocycles. The molecule has 2 aromatic rings. The summed E-state index contributed by atoms with van der Waals surface area (Å²) in [7, 11) is 0. The fourth-order valence-corrected chi connectivity index (χ4v) is 4.02. The molecule has 0 bridgehead atoms. The number of rotatable bonds is 3. The minimum absolute atomic E-state index is 0.0390. The van der Waals surface area contributed by atoms with Gasteiger partial charge in [0.05, 0.1) is 28.5 Å². The molecule has 0 aromatic heterocycles. The zero-order valence-electron chi connectivity index (χ0n) is 22.6. The highest BCUT2D eigenvalue weighted by atomic mass is 19.4. The van der Waals surface area contributed by atoms with Gasteiger partial charge in [-0.1, -0.05) is 6.07 Å². The van der Waals surface area contributed by atoms with E-state index in [1.807, 2.05) is 0 Å². The van der Waals surface area contributed by atoms with Crippen LogP contribution in [0.25, 0.3) is 0 Å². The smallest absolute Gasteiger partial charge is 0.416 e. The molecule has 2 amide bonds. The van der Waals surface area contributed by atoms with Crippen molar-refractivity contribution >= 4 is 17.7 Å². The van der Waals surface area contributed by atoms with E-state index in [1.54, 1.807) is 19.9 Å². The van der Waals surface area contributed by atoms with Gasteiger partial charge in [-0.3, -0.25) is 9.69 Å². The van der Waals surface area contributed by atoms with Gasteiger partial charge in [-0.25, -0.2) is 4.79 Å². The van der Waals surface area contributed by atoms with Crippen molar-refractivity contribution < 1.29 is 53.8 Å². The Balaban J connectivity index is 0.000000290. The Bertz CT molecular complexity index is 1200. The number of ether oxygens (including phenoxy) is 1. The largest absolute Gasteiger partial charge is 0.446 e. The normalized spacial score (nSPS) is 14.0. The predicted molar refractivity (Wildman–Crippen MR) is 132 cm³/mol. The van der Waals surface area contributed by atoms with E-state index >= 15 is 0 Å². The second kappa shape index (κ2) is 13.0. The lowest BCUT2D eigenvalue weighted by Crippen LogP contribution is -2.34. The van der Waals surface area contributed by atoms with Gasteiger partial charge in [0.15, 0.2) is 0 Å². The maximum Gasteiger partial charge on any atom is 0.416 e. The number of hydrogen-bond donors (Lipinski definition) is 1. The van der Waals surface area contributed by atoms with Crippen molar-refractivity contribution in [2.45, 2.75) is 78.1 Å². The lowest BCUT2D eigenvalue weighted by molar-refractivity contribution is -0.143. The van der Waals surface area contributed by atoms with E-state index in [-0.39, 0.29) is 23.3 Å². The number of benzene rings is 2. The molecule has 228 valence electrons. The fourth-order valence-electron chi connectivity index (χ4n) is 4.02. The first-order chi connectivity index (χ1) is 18.7. The van der Waals surface area contributed by atoms with Crippen LogP contribution in [-0.2, 0) is 41.0 Å². The van der Waals surface area contributed by atoms with Gasteiger partial charge in [0.25, 0.3) is 0 Å². The Morgan fingerprint density at radius 2 is 1.44 bits per heavy atom. The number of nitrogens with one attached hydrogen (secondary N) is 1. The van der Waals surface area contributed by atoms with Gasteiger partial charge in [0, 0.05) is 20.0 Å². The van der Waals surface area contributed by atoms with Crippen molar-refractivity contribution in [1.29, 1.82) is 0 Å². The molecule has 0 aliphatic carbocycles. The number of anilines is 1. The molecule has 0 saturated heterocycles. The molecular weight excluding hydrogens is 571 g/mol. The molecular formula is C27H29F9N2O3. The lowest BCUT2D eigenvalue weighted by atomic mass is 9.99. The predicted octanol–water partition coefficient (Wildman–Crippen LogP) is 8.06. The summed E-state index contributed by atoms with van der Waals surface area (Å²) in [5.74, 6) is -0.550. The van der Waals surface area contributed by atoms with Crippen LogP contribution in [0.3, 0.4) is 0 Å². The quantitative estimate of drug-likeness (QED) is 0.363. The van der Waals surface area contributed by atoms with Gasteiger partial charge in [-0.05, 0) is 81.0 Å². The van der Waals surface area contributed by atoms with E-state index in [0.717, 1.165) is 31.4 Å². The molecule has 0 unspecified atom stereocenters. The van der Waals surface area contributed by atoms with Gasteiger partial charge in [0.1, 0.15) is 0 Å². The highest BCUT2D eigenvalue weighted by molar-refractivity contribution is 5.89. The van der Waals surface area contributed by atoms with Crippen molar-refractivity contribution in [2.24, 2.45) is 0 Å². The summed E-state index contributed by atoms with van der Waals surface area (Å²) >= 11 is 0. The lowest BCUT2D eigenvalue weighted by Gasteiger charge is -2.25. The Hall–Kier alpha value is -3.45. The van der Waals surface area contributed by atoms with Gasteiger partial charge in [0.2, 0.25) is 5.91 Å². The molecule has 5 nitrogen and oxygen atoms in total. The molecule has 41 heavy (non-hydrogen) atoms. The second-order valence-electron chi connectivity index (χ2n) is 9.66. The third kappa shape index (κ3) is 9.85. The molecule has 0 radical (unpaired) electrons. The Morgan fingerprint density at radius 3 is 1.90 bits per heavy atom. The molecule has 1 heterocycles. The summed E-state index contributed by atoms with van der Waals surface area (Å²) in [5, 5.41) is 2.15. The molecule has 0 fully saturated rings. The zero-order chi connectivity index (χ0) is 31.3. The van der Waals surface area contributed by atoms with Gasteiger partial charge in [-0.15, -0.1) is 0 Å². The average molecular weight is 601 g/mol. The second-order valence-corrected chi connectivity index (χ2v) is 9.66. The Kier molecular flexibility index (Phi) is 10.7. The van der Waals surface area contributed by atoms with Gasteiger partial charge in [-0.2, -0.15) is 39.5 Å². The van der Waals surface area contributed by atoms with Crippen molar-refractivity contribution in [2.75, 3.05) is 11.4 Å². The summed E-state index contributed by atoms with van der Waals surface area (Å²) < 4.78 is 119. The third-order valence-corrected chi connectivity index (χ3v) is 5.85. The van der Waals surface area contributed by atoms with E-state index in [0.29, 0.717) is 30.8 Å².